The van der Waals surface area contributed by atoms with E-state index in [1.807, 2.05) is 23.1 Å². The number of benzene rings is 1. The van der Waals surface area contributed by atoms with Crippen LogP contribution < -0.4 is 5.32 Å². The average Bonchev–Trinajstić information content (AvgIpc) is 3.10. The lowest BCUT2D eigenvalue weighted by Crippen LogP contribution is -2.52. The van der Waals surface area contributed by atoms with Gasteiger partial charge in [-0.2, -0.15) is 0 Å². The van der Waals surface area contributed by atoms with Crippen molar-refractivity contribution in [1.82, 2.24) is 19.7 Å². The van der Waals surface area contributed by atoms with Gasteiger partial charge >= 0.3 is 0 Å². The van der Waals surface area contributed by atoms with Crippen LogP contribution in [0.1, 0.15) is 18.5 Å². The number of carbonyl (C=O) groups is 1. The summed E-state index contributed by atoms with van der Waals surface area (Å²) in [7, 11) is -3.57. The summed E-state index contributed by atoms with van der Waals surface area (Å²) in [5, 5.41) is 7.88. The molecule has 1 N–H and O–H groups in total. The summed E-state index contributed by atoms with van der Waals surface area (Å²) < 4.78 is 32.6. The molecule has 9 heteroatoms. The number of para-hydroxylation sites is 1. The zero-order chi connectivity index (χ0) is 18.9. The Kier molecular flexibility index (Phi) is 5.16. The summed E-state index contributed by atoms with van der Waals surface area (Å²) in [6, 6.07) is 7.23. The van der Waals surface area contributed by atoms with Crippen LogP contribution in [0.3, 0.4) is 0 Å². The Balaban J connectivity index is 1.47. The second-order valence-electron chi connectivity index (χ2n) is 7.15. The molecule has 3 heterocycles. The first-order chi connectivity index (χ1) is 13.0. The zero-order valence-electron chi connectivity index (χ0n) is 15.1. The predicted octanol–water partition coefficient (Wildman–Crippen LogP) is 0.801. The molecular formula is C18H24N4O4S. The fourth-order valence-electron chi connectivity index (χ4n) is 3.85. The third-order valence-corrected chi connectivity index (χ3v) is 7.08. The van der Waals surface area contributed by atoms with Crippen molar-refractivity contribution in [3.05, 3.63) is 30.0 Å². The number of nitrogens with one attached hydrogen (secondary N) is 1. The molecule has 0 spiro atoms. The highest BCUT2D eigenvalue weighted by Gasteiger charge is 2.35. The van der Waals surface area contributed by atoms with Gasteiger partial charge < -0.3 is 14.7 Å². The molecule has 0 radical (unpaired) electrons. The van der Waals surface area contributed by atoms with Crippen molar-refractivity contribution in [2.45, 2.75) is 18.6 Å². The summed E-state index contributed by atoms with van der Waals surface area (Å²) in [6.07, 6.45) is 1.43. The first kappa shape index (κ1) is 18.4. The van der Waals surface area contributed by atoms with Gasteiger partial charge in [-0.15, -0.1) is 0 Å². The molecule has 2 aliphatic heterocycles. The molecule has 1 amide bonds. The summed E-state index contributed by atoms with van der Waals surface area (Å²) >= 11 is 0. The van der Waals surface area contributed by atoms with Crippen LogP contribution in [0.2, 0.25) is 0 Å². The molecule has 1 aromatic carbocycles. The van der Waals surface area contributed by atoms with E-state index in [1.165, 1.54) is 4.31 Å². The van der Waals surface area contributed by atoms with E-state index in [-0.39, 0.29) is 24.1 Å². The number of piperidine rings is 1. The molecule has 8 nitrogen and oxygen atoms in total. The maximum Gasteiger partial charge on any atom is 0.227 e. The maximum atomic E-state index is 13.0. The van der Waals surface area contributed by atoms with Gasteiger partial charge in [0.25, 0.3) is 0 Å². The minimum atomic E-state index is -3.57. The quantitative estimate of drug-likeness (QED) is 0.827. The minimum absolute atomic E-state index is 0.0725. The molecule has 27 heavy (non-hydrogen) atoms. The zero-order valence-corrected chi connectivity index (χ0v) is 16.0. The van der Waals surface area contributed by atoms with E-state index in [2.05, 4.69) is 10.5 Å². The second-order valence-corrected chi connectivity index (χ2v) is 9.12. The number of amides is 1. The van der Waals surface area contributed by atoms with Gasteiger partial charge in [-0.05, 0) is 25.0 Å². The Bertz CT molecular complexity index is 920. The fraction of sp³-hybridized carbons (Fsp3) is 0.556. The van der Waals surface area contributed by atoms with E-state index in [0.29, 0.717) is 42.7 Å². The Labute approximate surface area is 158 Å². The largest absolute Gasteiger partial charge is 0.356 e. The monoisotopic (exact) mass is 392 g/mol. The molecule has 2 aliphatic rings. The number of fused-ring (bicyclic) bond motifs is 1. The van der Waals surface area contributed by atoms with Crippen LogP contribution in [0, 0.1) is 5.92 Å². The Morgan fingerprint density at radius 2 is 2.00 bits per heavy atom. The number of nitrogens with zero attached hydrogens (tertiary/aromatic N) is 3. The topological polar surface area (TPSA) is 95.8 Å². The summed E-state index contributed by atoms with van der Waals surface area (Å²) in [4.78, 5) is 14.6. The third-order valence-electron chi connectivity index (χ3n) is 5.33. The lowest BCUT2D eigenvalue weighted by atomic mass is 9.98. The van der Waals surface area contributed by atoms with Crippen LogP contribution in [-0.2, 0) is 20.6 Å². The van der Waals surface area contributed by atoms with Crippen LogP contribution in [0.25, 0.3) is 11.0 Å². The summed E-state index contributed by atoms with van der Waals surface area (Å²) in [5.74, 6) is -0.401. The molecule has 146 valence electrons. The molecule has 1 aromatic heterocycles. The number of carbonyl (C=O) groups excluding carboxylic acids is 1. The number of rotatable bonds is 4. The number of sulfonamides is 1. The first-order valence-corrected chi connectivity index (χ1v) is 11.0. The molecule has 2 aromatic rings. The predicted molar refractivity (Wildman–Crippen MR) is 100 cm³/mol. The van der Waals surface area contributed by atoms with Crippen LogP contribution in [0.5, 0.6) is 0 Å². The SMILES string of the molecule is O=C(C1CCCN(S(=O)(=O)Cc2noc3ccccc23)C1)N1CCNCC1. The van der Waals surface area contributed by atoms with E-state index in [4.69, 9.17) is 4.52 Å². The molecule has 0 aliphatic carbocycles. The van der Waals surface area contributed by atoms with Crippen molar-refractivity contribution in [2.24, 2.45) is 5.92 Å². The van der Waals surface area contributed by atoms with E-state index in [1.54, 1.807) is 6.07 Å². The molecule has 1 unspecified atom stereocenters. The third kappa shape index (κ3) is 3.85. The average molecular weight is 392 g/mol. The minimum Gasteiger partial charge on any atom is -0.356 e. The normalized spacial score (nSPS) is 22.2. The number of hydrogen-bond donors (Lipinski definition) is 1. The van der Waals surface area contributed by atoms with Gasteiger partial charge in [0.1, 0.15) is 11.4 Å². The van der Waals surface area contributed by atoms with Crippen molar-refractivity contribution in [1.29, 1.82) is 0 Å². The van der Waals surface area contributed by atoms with E-state index in [9.17, 15) is 13.2 Å². The van der Waals surface area contributed by atoms with Crippen molar-refractivity contribution < 1.29 is 17.7 Å². The van der Waals surface area contributed by atoms with Crippen molar-refractivity contribution in [3.63, 3.8) is 0 Å². The maximum absolute atomic E-state index is 13.0. The van der Waals surface area contributed by atoms with Crippen LogP contribution in [0.15, 0.2) is 28.8 Å². The van der Waals surface area contributed by atoms with Gasteiger partial charge in [-0.3, -0.25) is 4.79 Å². The molecule has 4 rings (SSSR count). The lowest BCUT2D eigenvalue weighted by Gasteiger charge is -2.35. The van der Waals surface area contributed by atoms with Crippen LogP contribution in [-0.4, -0.2) is 68.0 Å². The molecular weight excluding hydrogens is 368 g/mol. The van der Waals surface area contributed by atoms with Gasteiger partial charge in [-0.1, -0.05) is 17.3 Å². The lowest BCUT2D eigenvalue weighted by molar-refractivity contribution is -0.137. The highest BCUT2D eigenvalue weighted by atomic mass is 32.2. The summed E-state index contributed by atoms with van der Waals surface area (Å²) in [5.41, 5.74) is 0.995. The Morgan fingerprint density at radius 1 is 1.22 bits per heavy atom. The van der Waals surface area contributed by atoms with Gasteiger partial charge in [0.2, 0.25) is 15.9 Å². The smallest absolute Gasteiger partial charge is 0.227 e. The van der Waals surface area contributed by atoms with E-state index >= 15 is 0 Å². The van der Waals surface area contributed by atoms with Crippen LogP contribution >= 0.6 is 0 Å². The van der Waals surface area contributed by atoms with Crippen molar-refractivity contribution in [2.75, 3.05) is 39.3 Å². The fourth-order valence-corrected chi connectivity index (χ4v) is 5.40. The second kappa shape index (κ2) is 7.57. The van der Waals surface area contributed by atoms with Crippen molar-refractivity contribution in [3.8, 4) is 0 Å². The molecule has 0 saturated carbocycles. The number of aromatic nitrogens is 1. The van der Waals surface area contributed by atoms with Gasteiger partial charge in [0, 0.05) is 44.7 Å². The molecule has 1 atom stereocenters. The number of piperazine rings is 1. The van der Waals surface area contributed by atoms with Crippen LogP contribution in [0.4, 0.5) is 0 Å². The first-order valence-electron chi connectivity index (χ1n) is 9.35. The van der Waals surface area contributed by atoms with E-state index < -0.39 is 10.0 Å². The van der Waals surface area contributed by atoms with Gasteiger partial charge in [0.15, 0.2) is 5.58 Å². The van der Waals surface area contributed by atoms with Gasteiger partial charge in [0.05, 0.1) is 5.92 Å². The van der Waals surface area contributed by atoms with Gasteiger partial charge in [-0.25, -0.2) is 12.7 Å². The molecule has 2 saturated heterocycles. The Hall–Kier alpha value is -1.97. The molecule has 2 fully saturated rings. The highest BCUT2D eigenvalue weighted by molar-refractivity contribution is 7.88. The molecule has 0 bridgehead atoms. The summed E-state index contributed by atoms with van der Waals surface area (Å²) in [6.45, 7) is 3.66. The standard InChI is InChI=1S/C18H24N4O4S/c23-18(21-10-7-19-8-11-21)14-4-3-9-22(12-14)27(24,25)13-16-15-5-1-2-6-17(15)26-20-16/h1-2,5-6,14,19H,3-4,7-13H2. The Morgan fingerprint density at radius 3 is 2.81 bits per heavy atom. The number of hydrogen-bond acceptors (Lipinski definition) is 6. The highest BCUT2D eigenvalue weighted by Crippen LogP contribution is 2.25. The van der Waals surface area contributed by atoms with E-state index in [0.717, 1.165) is 19.5 Å². The van der Waals surface area contributed by atoms with Crippen molar-refractivity contribution >= 4 is 26.9 Å².